The van der Waals surface area contributed by atoms with Crippen LogP contribution < -0.4 is 5.32 Å². The van der Waals surface area contributed by atoms with Gasteiger partial charge in [0.25, 0.3) is 0 Å². The summed E-state index contributed by atoms with van der Waals surface area (Å²) in [6, 6.07) is 2.06. The van der Waals surface area contributed by atoms with E-state index in [1.54, 1.807) is 19.0 Å². The van der Waals surface area contributed by atoms with Gasteiger partial charge in [0.15, 0.2) is 0 Å². The van der Waals surface area contributed by atoms with Crippen molar-refractivity contribution in [3.63, 3.8) is 0 Å². The summed E-state index contributed by atoms with van der Waals surface area (Å²) in [6.07, 6.45) is 3.63. The molecule has 0 atom stereocenters. The maximum absolute atomic E-state index is 11.6. The predicted octanol–water partition coefficient (Wildman–Crippen LogP) is 2.30. The molecule has 0 bridgehead atoms. The van der Waals surface area contributed by atoms with Crippen LogP contribution in [0.4, 0.5) is 4.79 Å². The first kappa shape index (κ1) is 17.8. The third-order valence-electron chi connectivity index (χ3n) is 4.64. The predicted molar refractivity (Wildman–Crippen MR) is 92.1 cm³/mol. The number of urea groups is 1. The highest BCUT2D eigenvalue weighted by molar-refractivity contribution is 5.73. The molecule has 1 aromatic rings. The molecule has 2 heterocycles. The van der Waals surface area contributed by atoms with E-state index < -0.39 is 0 Å². The zero-order valence-electron chi connectivity index (χ0n) is 15.0. The molecule has 0 saturated heterocycles. The molecule has 130 valence electrons. The standard InChI is InChI=1S/C17H31N5O/c1-5-14(6-2)12-21-8-7-9-22-16(13-21)10-15(19-22)11-18-17(23)20(3)4/h10,14H,5-9,11-13H2,1-4H3,(H,18,23). The third kappa shape index (κ3) is 4.96. The fourth-order valence-electron chi connectivity index (χ4n) is 3.07. The summed E-state index contributed by atoms with van der Waals surface area (Å²) in [5.41, 5.74) is 2.21. The third-order valence-corrected chi connectivity index (χ3v) is 4.64. The van der Waals surface area contributed by atoms with Crippen LogP contribution in [0.3, 0.4) is 0 Å². The van der Waals surface area contributed by atoms with Crippen molar-refractivity contribution in [2.24, 2.45) is 5.92 Å². The Morgan fingerprint density at radius 2 is 2.09 bits per heavy atom. The normalized spacial score (nSPS) is 15.3. The Hall–Kier alpha value is -1.56. The van der Waals surface area contributed by atoms with E-state index in [0.29, 0.717) is 6.54 Å². The molecule has 0 fully saturated rings. The molecule has 0 aromatic carbocycles. The molecular weight excluding hydrogens is 290 g/mol. The van der Waals surface area contributed by atoms with Gasteiger partial charge in [-0.25, -0.2) is 4.79 Å². The lowest BCUT2D eigenvalue weighted by Gasteiger charge is -2.24. The second-order valence-electron chi connectivity index (χ2n) is 6.67. The van der Waals surface area contributed by atoms with Gasteiger partial charge in [-0.1, -0.05) is 26.7 Å². The van der Waals surface area contributed by atoms with Gasteiger partial charge in [0, 0.05) is 40.3 Å². The smallest absolute Gasteiger partial charge is 0.317 e. The molecule has 2 amide bonds. The molecule has 2 rings (SSSR count). The van der Waals surface area contributed by atoms with Crippen LogP contribution in [0.15, 0.2) is 6.07 Å². The van der Waals surface area contributed by atoms with Gasteiger partial charge in [0.2, 0.25) is 0 Å². The second-order valence-corrected chi connectivity index (χ2v) is 6.67. The molecule has 1 aliphatic rings. The van der Waals surface area contributed by atoms with Crippen LogP contribution >= 0.6 is 0 Å². The van der Waals surface area contributed by atoms with Gasteiger partial charge < -0.3 is 10.2 Å². The van der Waals surface area contributed by atoms with E-state index in [2.05, 4.69) is 39.9 Å². The van der Waals surface area contributed by atoms with Gasteiger partial charge in [-0.3, -0.25) is 9.58 Å². The number of nitrogens with zero attached hydrogens (tertiary/aromatic N) is 4. The Labute approximate surface area is 139 Å². The van der Waals surface area contributed by atoms with E-state index in [1.807, 2.05) is 0 Å². The molecule has 23 heavy (non-hydrogen) atoms. The molecular formula is C17H31N5O. The summed E-state index contributed by atoms with van der Waals surface area (Å²) in [4.78, 5) is 15.7. The van der Waals surface area contributed by atoms with Crippen LogP contribution in [0.1, 0.15) is 44.5 Å². The first-order valence-electron chi connectivity index (χ1n) is 8.76. The van der Waals surface area contributed by atoms with Crippen molar-refractivity contribution in [1.82, 2.24) is 24.9 Å². The van der Waals surface area contributed by atoms with Crippen molar-refractivity contribution < 1.29 is 4.79 Å². The summed E-state index contributed by atoms with van der Waals surface area (Å²) >= 11 is 0. The lowest BCUT2D eigenvalue weighted by atomic mass is 10.0. The molecule has 1 N–H and O–H groups in total. The molecule has 1 aromatic heterocycles. The fraction of sp³-hybridized carbons (Fsp3) is 0.765. The summed E-state index contributed by atoms with van der Waals surface area (Å²) in [6.45, 7) is 9.30. The number of hydrogen-bond donors (Lipinski definition) is 1. The Morgan fingerprint density at radius 3 is 2.74 bits per heavy atom. The number of fused-ring (bicyclic) bond motifs is 1. The van der Waals surface area contributed by atoms with Crippen molar-refractivity contribution in [2.45, 2.75) is 52.7 Å². The van der Waals surface area contributed by atoms with E-state index >= 15 is 0 Å². The van der Waals surface area contributed by atoms with E-state index in [0.717, 1.165) is 37.7 Å². The number of nitrogens with one attached hydrogen (secondary N) is 1. The van der Waals surface area contributed by atoms with Crippen LogP contribution in [0.25, 0.3) is 0 Å². The minimum absolute atomic E-state index is 0.0800. The van der Waals surface area contributed by atoms with Crippen molar-refractivity contribution in [2.75, 3.05) is 27.2 Å². The summed E-state index contributed by atoms with van der Waals surface area (Å²) in [5.74, 6) is 0.781. The van der Waals surface area contributed by atoms with Gasteiger partial charge >= 0.3 is 6.03 Å². The SMILES string of the molecule is CCC(CC)CN1CCCn2nc(CNC(=O)N(C)C)cc2C1. The number of hydrogen-bond acceptors (Lipinski definition) is 3. The van der Waals surface area contributed by atoms with E-state index in [9.17, 15) is 4.79 Å². The molecule has 6 heteroatoms. The Balaban J connectivity index is 1.97. The lowest BCUT2D eigenvalue weighted by molar-refractivity contribution is 0.216. The lowest BCUT2D eigenvalue weighted by Crippen LogP contribution is -2.34. The minimum atomic E-state index is -0.0800. The van der Waals surface area contributed by atoms with Crippen molar-refractivity contribution in [3.8, 4) is 0 Å². The maximum Gasteiger partial charge on any atom is 0.317 e. The Kier molecular flexibility index (Phi) is 6.45. The van der Waals surface area contributed by atoms with E-state index in [4.69, 9.17) is 0 Å². The van der Waals surface area contributed by atoms with Gasteiger partial charge in [-0.2, -0.15) is 5.10 Å². The van der Waals surface area contributed by atoms with Crippen molar-refractivity contribution >= 4 is 6.03 Å². The van der Waals surface area contributed by atoms with Crippen LogP contribution in [0, 0.1) is 5.92 Å². The molecule has 1 aliphatic heterocycles. The fourth-order valence-corrected chi connectivity index (χ4v) is 3.07. The van der Waals surface area contributed by atoms with Crippen LogP contribution in [-0.4, -0.2) is 52.8 Å². The maximum atomic E-state index is 11.6. The Bertz CT molecular complexity index is 507. The second kappa shape index (κ2) is 8.34. The zero-order valence-corrected chi connectivity index (χ0v) is 15.0. The van der Waals surface area contributed by atoms with Gasteiger partial charge in [0.1, 0.15) is 0 Å². The molecule has 0 aliphatic carbocycles. The molecule has 6 nitrogen and oxygen atoms in total. The molecule has 0 radical (unpaired) electrons. The average molecular weight is 321 g/mol. The quantitative estimate of drug-likeness (QED) is 0.875. The van der Waals surface area contributed by atoms with Gasteiger partial charge in [-0.05, 0) is 18.4 Å². The number of aromatic nitrogens is 2. The molecule has 0 saturated carbocycles. The van der Waals surface area contributed by atoms with Crippen LogP contribution in [0.2, 0.25) is 0 Å². The first-order chi connectivity index (χ1) is 11.0. The van der Waals surface area contributed by atoms with Gasteiger partial charge in [0.05, 0.1) is 17.9 Å². The molecule has 0 spiro atoms. The number of carbonyl (C=O) groups is 1. The van der Waals surface area contributed by atoms with Crippen LogP contribution in [-0.2, 0) is 19.6 Å². The number of carbonyl (C=O) groups excluding carboxylic acids is 1. The van der Waals surface area contributed by atoms with E-state index in [-0.39, 0.29) is 6.03 Å². The van der Waals surface area contributed by atoms with Crippen LogP contribution in [0.5, 0.6) is 0 Å². The number of rotatable bonds is 6. The topological polar surface area (TPSA) is 53.4 Å². The zero-order chi connectivity index (χ0) is 16.8. The molecule has 0 unspecified atom stereocenters. The Morgan fingerprint density at radius 1 is 1.35 bits per heavy atom. The highest BCUT2D eigenvalue weighted by Gasteiger charge is 2.19. The summed E-state index contributed by atoms with van der Waals surface area (Å²) in [5, 5.41) is 7.54. The highest BCUT2D eigenvalue weighted by atomic mass is 16.2. The largest absolute Gasteiger partial charge is 0.332 e. The van der Waals surface area contributed by atoms with Crippen molar-refractivity contribution in [3.05, 3.63) is 17.5 Å². The first-order valence-corrected chi connectivity index (χ1v) is 8.76. The monoisotopic (exact) mass is 321 g/mol. The summed E-state index contributed by atoms with van der Waals surface area (Å²) < 4.78 is 2.12. The summed E-state index contributed by atoms with van der Waals surface area (Å²) in [7, 11) is 3.49. The highest BCUT2D eigenvalue weighted by Crippen LogP contribution is 2.17. The minimum Gasteiger partial charge on any atom is -0.332 e. The average Bonchev–Trinajstić information content (AvgIpc) is 2.81. The van der Waals surface area contributed by atoms with E-state index in [1.165, 1.54) is 25.1 Å². The van der Waals surface area contributed by atoms with Gasteiger partial charge in [-0.15, -0.1) is 0 Å². The number of amides is 2. The number of aryl methyl sites for hydroxylation is 1. The van der Waals surface area contributed by atoms with Crippen molar-refractivity contribution in [1.29, 1.82) is 0 Å².